The first-order chi connectivity index (χ1) is 41.0. The van der Waals surface area contributed by atoms with Crippen LogP contribution in [-0.2, 0) is 57.5 Å². The second-order valence-corrected chi connectivity index (χ2v) is 27.3. The summed E-state index contributed by atoms with van der Waals surface area (Å²) in [5.74, 6) is -10.0. The molecule has 11 amide bonds. The lowest BCUT2D eigenvalue weighted by atomic mass is 9.91. The van der Waals surface area contributed by atoms with Gasteiger partial charge in [-0.25, -0.2) is 0 Å². The highest BCUT2D eigenvalue weighted by Gasteiger charge is 2.47. The fourth-order valence-corrected chi connectivity index (χ4v) is 11.5. The van der Waals surface area contributed by atoms with Crippen LogP contribution < -0.4 is 16.0 Å². The number of hydrogen-bond acceptors (Lipinski definition) is 13. The number of rotatable bonds is 16. The van der Waals surface area contributed by atoms with Crippen molar-refractivity contribution in [2.24, 2.45) is 41.4 Å². The SMILES string of the molecule is C/C=C/C[C@@H](C)[C@@H](O)C1C(=O)N[C@@H](C(C)OC)C(=O)N(C)[C@H](C)C(=O)N(C)[C@@H](CC(C)C)C(=O)N(C)[C@@H](C(C)C)C(=O)N(C)[C@@H](CC(C)C)C(=O)N[C@@H](C)C(=O)N[C@H](C)C(=O)N(C)[C@H](CC(C)C)C(=O)N(C)[C@@H](CC(C)C)C(=O)N(C)[C@@H](C(C)C)C(=O)N1C. The number of nitrogens with zero attached hydrogens (tertiary/aromatic N) is 8. The van der Waals surface area contributed by atoms with Gasteiger partial charge in [-0.2, -0.15) is 0 Å². The van der Waals surface area contributed by atoms with Gasteiger partial charge >= 0.3 is 0 Å². The monoisotopic (exact) mass is 1260 g/mol. The van der Waals surface area contributed by atoms with E-state index in [-0.39, 0.29) is 55.8 Å². The van der Waals surface area contributed by atoms with Crippen molar-refractivity contribution in [3.8, 4) is 0 Å². The summed E-state index contributed by atoms with van der Waals surface area (Å²) in [6, 6.07) is -14.0. The Labute approximate surface area is 533 Å². The molecular weight excluding hydrogens is 1140 g/mol. The highest BCUT2D eigenvalue weighted by atomic mass is 16.5. The maximum atomic E-state index is 15.3. The second-order valence-electron chi connectivity index (χ2n) is 27.3. The maximum absolute atomic E-state index is 15.3. The molecule has 0 radical (unpaired) electrons. The van der Waals surface area contributed by atoms with Gasteiger partial charge in [0.25, 0.3) is 0 Å². The Kier molecular flexibility index (Phi) is 32.7. The number of carbonyl (C=O) groups is 11. The van der Waals surface area contributed by atoms with Crippen LogP contribution in [-0.4, -0.2) is 251 Å². The normalized spacial score (nSPS) is 27.6. The Morgan fingerprint density at radius 2 is 0.764 bits per heavy atom. The van der Waals surface area contributed by atoms with Crippen molar-refractivity contribution < 1.29 is 62.6 Å². The van der Waals surface area contributed by atoms with Gasteiger partial charge in [0.05, 0.1) is 12.2 Å². The molecule has 1 aliphatic rings. The molecule has 0 saturated carbocycles. The number of likely N-dealkylation sites (N-methyl/N-ethyl adjacent to an activating group) is 8. The first-order valence-electron chi connectivity index (χ1n) is 31.8. The number of carbonyl (C=O) groups excluding carboxylic acids is 11. The molecule has 1 heterocycles. The minimum absolute atomic E-state index is 0.130. The van der Waals surface area contributed by atoms with Crippen LogP contribution in [0.4, 0.5) is 0 Å². The molecule has 1 rings (SSSR count). The molecule has 0 bridgehead atoms. The molecule has 24 nitrogen and oxygen atoms in total. The number of aliphatic hydroxyl groups excluding tert-OH is 1. The van der Waals surface area contributed by atoms with Gasteiger partial charge in [-0.3, -0.25) is 52.7 Å². The van der Waals surface area contributed by atoms with E-state index in [1.807, 2.05) is 55.4 Å². The Morgan fingerprint density at radius 3 is 1.16 bits per heavy atom. The van der Waals surface area contributed by atoms with Crippen molar-refractivity contribution in [3.63, 3.8) is 0 Å². The standard InChI is InChI=1S/C65H117N11O13/c1-28-29-30-41(14)54(77)53-57(80)68-50(45(18)89-27)63(86)69(19)44(17)59(82)72(22)48(33-37(6)7)61(84)74(24)51(39(10)11)64(87)70(20)46(31-35(2)3)56(79)66-42(15)55(78)67-43(16)58(81)71(21)47(32-36(4)5)60(83)73(23)49(34-38(8)9)62(85)75(25)52(40(12)13)65(88)76(53)26/h28-29,35-54,77H,30-34H2,1-27H3,(H,66,79)(H,67,78)(H,68,80)/b29-28+/t41-,42+,43-,44-,45?,46+,47-,48+,49+,50+,51+,52+,53?,54-/m1/s1. The highest BCUT2D eigenvalue weighted by Crippen LogP contribution is 2.27. The van der Waals surface area contributed by atoms with E-state index in [4.69, 9.17) is 4.74 Å². The zero-order valence-corrected chi connectivity index (χ0v) is 59.2. The van der Waals surface area contributed by atoms with E-state index >= 15 is 24.0 Å². The Bertz CT molecular complexity index is 2450. The quantitative estimate of drug-likeness (QED) is 0.161. The zero-order valence-electron chi connectivity index (χ0n) is 59.2. The Morgan fingerprint density at radius 1 is 0.416 bits per heavy atom. The van der Waals surface area contributed by atoms with Crippen LogP contribution in [0.2, 0.25) is 0 Å². The van der Waals surface area contributed by atoms with Crippen LogP contribution in [0, 0.1) is 41.4 Å². The summed E-state index contributed by atoms with van der Waals surface area (Å²) >= 11 is 0. The molecule has 14 atom stereocenters. The van der Waals surface area contributed by atoms with Crippen molar-refractivity contribution in [1.82, 2.24) is 55.1 Å². The number of ether oxygens (including phenoxy) is 1. The lowest BCUT2D eigenvalue weighted by molar-refractivity contribution is -0.158. The Balaban J connectivity index is 4.50. The minimum Gasteiger partial charge on any atom is -0.390 e. The van der Waals surface area contributed by atoms with Crippen LogP contribution in [0.3, 0.4) is 0 Å². The number of methoxy groups -OCH3 is 1. The van der Waals surface area contributed by atoms with E-state index in [0.717, 1.165) is 9.80 Å². The second kappa shape index (κ2) is 36.0. The summed E-state index contributed by atoms with van der Waals surface area (Å²) in [6.45, 7) is 31.3. The van der Waals surface area contributed by atoms with E-state index in [9.17, 15) is 33.9 Å². The molecular formula is C65H117N11O13. The summed E-state index contributed by atoms with van der Waals surface area (Å²) in [7, 11) is 12.7. The van der Waals surface area contributed by atoms with Crippen molar-refractivity contribution >= 4 is 65.0 Å². The summed E-state index contributed by atoms with van der Waals surface area (Å²) in [4.78, 5) is 173. The lowest BCUT2D eigenvalue weighted by Crippen LogP contribution is -2.65. The van der Waals surface area contributed by atoms with Crippen molar-refractivity contribution in [2.75, 3.05) is 63.5 Å². The number of hydrogen-bond donors (Lipinski definition) is 4. The van der Waals surface area contributed by atoms with Crippen LogP contribution in [0.1, 0.15) is 157 Å². The number of allylic oxidation sites excluding steroid dienone is 2. The van der Waals surface area contributed by atoms with E-state index < -0.39 is 161 Å². The van der Waals surface area contributed by atoms with Gasteiger partial charge in [0.1, 0.15) is 66.5 Å². The van der Waals surface area contributed by atoms with Crippen molar-refractivity contribution in [3.05, 3.63) is 12.2 Å². The summed E-state index contributed by atoms with van der Waals surface area (Å²) < 4.78 is 5.67. The zero-order chi connectivity index (χ0) is 69.3. The van der Waals surface area contributed by atoms with E-state index in [0.29, 0.717) is 0 Å². The van der Waals surface area contributed by atoms with Gasteiger partial charge in [0.2, 0.25) is 65.0 Å². The summed E-state index contributed by atoms with van der Waals surface area (Å²) in [5, 5.41) is 20.4. The molecule has 0 aromatic heterocycles. The van der Waals surface area contributed by atoms with Crippen LogP contribution in [0.5, 0.6) is 0 Å². The topological polar surface area (TPSA) is 279 Å². The van der Waals surface area contributed by atoms with Crippen LogP contribution in [0.15, 0.2) is 12.2 Å². The number of nitrogens with one attached hydrogen (secondary N) is 3. The summed E-state index contributed by atoms with van der Waals surface area (Å²) in [5.41, 5.74) is 0. The molecule has 0 aromatic rings. The van der Waals surface area contributed by atoms with Gasteiger partial charge in [0, 0.05) is 63.5 Å². The first-order valence-corrected chi connectivity index (χ1v) is 31.8. The van der Waals surface area contributed by atoms with Crippen LogP contribution in [0.25, 0.3) is 0 Å². The highest BCUT2D eigenvalue weighted by molar-refractivity contribution is 6.00. The lowest BCUT2D eigenvalue weighted by Gasteiger charge is -2.42. The molecule has 1 aliphatic heterocycles. The predicted molar refractivity (Wildman–Crippen MR) is 344 cm³/mol. The van der Waals surface area contributed by atoms with Gasteiger partial charge in [0.15, 0.2) is 0 Å². The average molecular weight is 1260 g/mol. The summed E-state index contributed by atoms with van der Waals surface area (Å²) in [6.07, 6.45) is 1.81. The molecule has 0 aliphatic carbocycles. The third kappa shape index (κ3) is 21.5. The fourth-order valence-electron chi connectivity index (χ4n) is 11.5. The van der Waals surface area contributed by atoms with Crippen molar-refractivity contribution in [1.29, 1.82) is 0 Å². The van der Waals surface area contributed by atoms with Gasteiger partial charge in [-0.1, -0.05) is 102 Å². The number of amides is 11. The van der Waals surface area contributed by atoms with Crippen molar-refractivity contribution in [2.45, 2.75) is 235 Å². The smallest absolute Gasteiger partial charge is 0.248 e. The first kappa shape index (κ1) is 80.8. The molecule has 1 fully saturated rings. The molecule has 0 spiro atoms. The van der Waals surface area contributed by atoms with E-state index in [1.165, 1.54) is 121 Å². The average Bonchev–Trinajstić information content (AvgIpc) is 0.929. The molecule has 89 heavy (non-hydrogen) atoms. The third-order valence-electron chi connectivity index (χ3n) is 17.4. The third-order valence-corrected chi connectivity index (χ3v) is 17.4. The molecule has 2 unspecified atom stereocenters. The van der Waals surface area contributed by atoms with E-state index in [1.54, 1.807) is 53.7 Å². The van der Waals surface area contributed by atoms with Gasteiger partial charge in [-0.15, -0.1) is 0 Å². The minimum atomic E-state index is -1.68. The molecule has 1 saturated heterocycles. The molecule has 24 heteroatoms. The molecule has 4 N–H and O–H groups in total. The maximum Gasteiger partial charge on any atom is 0.248 e. The Hall–Kier alpha value is -6.17. The largest absolute Gasteiger partial charge is 0.390 e. The van der Waals surface area contributed by atoms with Gasteiger partial charge in [-0.05, 0) is 108 Å². The van der Waals surface area contributed by atoms with Crippen LogP contribution >= 0.6 is 0 Å². The molecule has 510 valence electrons. The number of aliphatic hydroxyl groups is 1. The van der Waals surface area contributed by atoms with Gasteiger partial charge < -0.3 is 65.0 Å². The molecule has 0 aromatic carbocycles. The predicted octanol–water partition coefficient (Wildman–Crippen LogP) is 3.62. The van der Waals surface area contributed by atoms with E-state index in [2.05, 4.69) is 16.0 Å². The fraction of sp³-hybridized carbons (Fsp3) is 0.800.